The zero-order valence-electron chi connectivity index (χ0n) is 9.19. The topological polar surface area (TPSA) is 51.0 Å². The summed E-state index contributed by atoms with van der Waals surface area (Å²) >= 11 is 0. The fraction of sp³-hybridized carbons (Fsp3) is 0.333. The first-order valence-electron chi connectivity index (χ1n) is 5.66. The van der Waals surface area contributed by atoms with Crippen molar-refractivity contribution in [2.45, 2.75) is 18.9 Å². The fourth-order valence-electron chi connectivity index (χ4n) is 2.03. The SMILES string of the molecule is Fc1ccccc1-c1nc([C@@H]2CCCN2)no1. The predicted octanol–water partition coefficient (Wildman–Crippen LogP) is 2.30. The van der Waals surface area contributed by atoms with Gasteiger partial charge in [0, 0.05) is 0 Å². The predicted molar refractivity (Wildman–Crippen MR) is 59.7 cm³/mol. The molecule has 0 spiro atoms. The molecule has 1 fully saturated rings. The third-order valence-electron chi connectivity index (χ3n) is 2.92. The van der Waals surface area contributed by atoms with Crippen LogP contribution in [0.15, 0.2) is 28.8 Å². The second-order valence-corrected chi connectivity index (χ2v) is 4.09. The molecule has 17 heavy (non-hydrogen) atoms. The molecular weight excluding hydrogens is 221 g/mol. The molecule has 1 saturated heterocycles. The van der Waals surface area contributed by atoms with Crippen LogP contribution in [0.2, 0.25) is 0 Å². The van der Waals surface area contributed by atoms with Crippen LogP contribution in [0.5, 0.6) is 0 Å². The molecule has 0 bridgehead atoms. The average Bonchev–Trinajstić information content (AvgIpc) is 3.00. The lowest BCUT2D eigenvalue weighted by Gasteiger charge is -2.01. The van der Waals surface area contributed by atoms with E-state index in [2.05, 4.69) is 15.5 Å². The number of nitrogens with one attached hydrogen (secondary N) is 1. The van der Waals surface area contributed by atoms with Gasteiger partial charge in [-0.2, -0.15) is 4.98 Å². The highest BCUT2D eigenvalue weighted by Crippen LogP contribution is 2.25. The molecule has 0 radical (unpaired) electrons. The minimum atomic E-state index is -0.345. The summed E-state index contributed by atoms with van der Waals surface area (Å²) in [6, 6.07) is 6.53. The van der Waals surface area contributed by atoms with E-state index in [1.54, 1.807) is 18.2 Å². The van der Waals surface area contributed by atoms with E-state index in [-0.39, 0.29) is 17.7 Å². The Morgan fingerprint density at radius 3 is 3.00 bits per heavy atom. The lowest BCUT2D eigenvalue weighted by atomic mass is 10.2. The summed E-state index contributed by atoms with van der Waals surface area (Å²) in [7, 11) is 0. The molecule has 1 aromatic heterocycles. The monoisotopic (exact) mass is 233 g/mol. The van der Waals surface area contributed by atoms with E-state index in [4.69, 9.17) is 4.52 Å². The Balaban J connectivity index is 1.92. The molecule has 4 nitrogen and oxygen atoms in total. The minimum Gasteiger partial charge on any atom is -0.334 e. The number of aromatic nitrogens is 2. The van der Waals surface area contributed by atoms with Crippen LogP contribution in [-0.2, 0) is 0 Å². The van der Waals surface area contributed by atoms with E-state index < -0.39 is 0 Å². The molecule has 5 heteroatoms. The second kappa shape index (κ2) is 4.25. The van der Waals surface area contributed by atoms with Crippen LogP contribution in [0.25, 0.3) is 11.5 Å². The third-order valence-corrected chi connectivity index (χ3v) is 2.92. The van der Waals surface area contributed by atoms with Gasteiger partial charge in [0.15, 0.2) is 5.82 Å². The number of rotatable bonds is 2. The van der Waals surface area contributed by atoms with Crippen LogP contribution < -0.4 is 5.32 Å². The Morgan fingerprint density at radius 2 is 2.24 bits per heavy atom. The molecule has 1 N–H and O–H groups in total. The summed E-state index contributed by atoms with van der Waals surface area (Å²) in [5.41, 5.74) is 0.351. The Kier molecular flexibility index (Phi) is 2.60. The highest BCUT2D eigenvalue weighted by atomic mass is 19.1. The van der Waals surface area contributed by atoms with Crippen molar-refractivity contribution in [3.63, 3.8) is 0 Å². The molecule has 2 heterocycles. The van der Waals surface area contributed by atoms with Crippen molar-refractivity contribution in [3.05, 3.63) is 35.9 Å². The van der Waals surface area contributed by atoms with E-state index in [9.17, 15) is 4.39 Å². The highest BCUT2D eigenvalue weighted by molar-refractivity contribution is 5.53. The third kappa shape index (κ3) is 1.93. The molecule has 1 aromatic carbocycles. The van der Waals surface area contributed by atoms with E-state index >= 15 is 0 Å². The van der Waals surface area contributed by atoms with Crippen molar-refractivity contribution in [2.75, 3.05) is 6.54 Å². The Hall–Kier alpha value is -1.75. The van der Waals surface area contributed by atoms with Crippen LogP contribution in [0, 0.1) is 5.82 Å². The molecule has 2 aromatic rings. The molecule has 3 rings (SSSR count). The summed E-state index contributed by atoms with van der Waals surface area (Å²) in [6.07, 6.45) is 2.10. The number of nitrogens with zero attached hydrogens (tertiary/aromatic N) is 2. The van der Waals surface area contributed by atoms with Crippen LogP contribution in [0.4, 0.5) is 4.39 Å². The molecule has 1 atom stereocenters. The number of halogens is 1. The van der Waals surface area contributed by atoms with Gasteiger partial charge >= 0.3 is 0 Å². The average molecular weight is 233 g/mol. The van der Waals surface area contributed by atoms with Gasteiger partial charge in [-0.25, -0.2) is 4.39 Å². The summed E-state index contributed by atoms with van der Waals surface area (Å²) in [5, 5.41) is 7.17. The molecule has 1 aliphatic rings. The first kappa shape index (κ1) is 10.4. The van der Waals surface area contributed by atoms with Crippen LogP contribution >= 0.6 is 0 Å². The van der Waals surface area contributed by atoms with Crippen molar-refractivity contribution < 1.29 is 8.91 Å². The van der Waals surface area contributed by atoms with Crippen LogP contribution in [0.1, 0.15) is 24.7 Å². The lowest BCUT2D eigenvalue weighted by Crippen LogP contribution is -2.14. The Bertz CT molecular complexity index is 520. The summed E-state index contributed by atoms with van der Waals surface area (Å²) in [5.74, 6) is 0.509. The molecular formula is C12H12FN3O. The Morgan fingerprint density at radius 1 is 1.35 bits per heavy atom. The van der Waals surface area contributed by atoms with Crippen molar-refractivity contribution >= 4 is 0 Å². The van der Waals surface area contributed by atoms with Gasteiger partial charge in [-0.1, -0.05) is 17.3 Å². The standard InChI is InChI=1S/C12H12FN3O/c13-9-5-2-1-4-8(9)12-15-11(16-17-12)10-6-3-7-14-10/h1-2,4-5,10,14H,3,6-7H2/t10-/m0/s1. The Labute approximate surface area is 97.8 Å². The van der Waals surface area contributed by atoms with Gasteiger partial charge in [0.1, 0.15) is 5.82 Å². The van der Waals surface area contributed by atoms with Crippen LogP contribution in [-0.4, -0.2) is 16.7 Å². The summed E-state index contributed by atoms with van der Waals surface area (Å²) in [4.78, 5) is 4.24. The van der Waals surface area contributed by atoms with Gasteiger partial charge in [-0.05, 0) is 31.5 Å². The molecule has 1 aliphatic heterocycles. The maximum absolute atomic E-state index is 13.5. The second-order valence-electron chi connectivity index (χ2n) is 4.09. The van der Waals surface area contributed by atoms with Gasteiger partial charge in [0.2, 0.25) is 0 Å². The van der Waals surface area contributed by atoms with Gasteiger partial charge in [0.05, 0.1) is 11.6 Å². The van der Waals surface area contributed by atoms with E-state index in [0.717, 1.165) is 19.4 Å². The highest BCUT2D eigenvalue weighted by Gasteiger charge is 2.22. The number of hydrogen-bond acceptors (Lipinski definition) is 4. The number of benzene rings is 1. The molecule has 88 valence electrons. The smallest absolute Gasteiger partial charge is 0.260 e. The van der Waals surface area contributed by atoms with Gasteiger partial charge in [-0.15, -0.1) is 0 Å². The summed E-state index contributed by atoms with van der Waals surface area (Å²) in [6.45, 7) is 0.967. The van der Waals surface area contributed by atoms with Gasteiger partial charge in [-0.3, -0.25) is 0 Å². The molecule has 0 amide bonds. The lowest BCUT2D eigenvalue weighted by molar-refractivity contribution is 0.410. The minimum absolute atomic E-state index is 0.138. The van der Waals surface area contributed by atoms with Gasteiger partial charge in [0.25, 0.3) is 5.89 Å². The van der Waals surface area contributed by atoms with Crippen molar-refractivity contribution in [1.82, 2.24) is 15.5 Å². The van der Waals surface area contributed by atoms with E-state index in [1.807, 2.05) is 0 Å². The zero-order valence-corrected chi connectivity index (χ0v) is 9.19. The normalized spacial score (nSPS) is 19.7. The maximum Gasteiger partial charge on any atom is 0.260 e. The summed E-state index contributed by atoms with van der Waals surface area (Å²) < 4.78 is 18.6. The van der Waals surface area contributed by atoms with E-state index in [0.29, 0.717) is 11.4 Å². The van der Waals surface area contributed by atoms with Crippen molar-refractivity contribution in [1.29, 1.82) is 0 Å². The quantitative estimate of drug-likeness (QED) is 0.864. The molecule has 0 aliphatic carbocycles. The first-order valence-corrected chi connectivity index (χ1v) is 5.66. The van der Waals surface area contributed by atoms with Crippen molar-refractivity contribution in [2.24, 2.45) is 0 Å². The zero-order chi connectivity index (χ0) is 11.7. The first-order chi connectivity index (χ1) is 8.34. The molecule has 0 unspecified atom stereocenters. The molecule has 0 saturated carbocycles. The maximum atomic E-state index is 13.5. The van der Waals surface area contributed by atoms with Crippen molar-refractivity contribution in [3.8, 4) is 11.5 Å². The number of hydrogen-bond donors (Lipinski definition) is 1. The largest absolute Gasteiger partial charge is 0.334 e. The van der Waals surface area contributed by atoms with Crippen LogP contribution in [0.3, 0.4) is 0 Å². The fourth-order valence-corrected chi connectivity index (χ4v) is 2.03. The van der Waals surface area contributed by atoms with E-state index in [1.165, 1.54) is 6.07 Å². The van der Waals surface area contributed by atoms with Gasteiger partial charge < -0.3 is 9.84 Å².